The number of amides is 1. The fraction of sp³-hybridized carbons (Fsp3) is 0.267. The van der Waals surface area contributed by atoms with Gasteiger partial charge in [0, 0.05) is 6.42 Å². The molecule has 3 rings (SSSR count). The van der Waals surface area contributed by atoms with Crippen molar-refractivity contribution >= 4 is 5.91 Å². The smallest absolute Gasteiger partial charge is 0.287 e. The van der Waals surface area contributed by atoms with Crippen LogP contribution in [0, 0.1) is 6.92 Å². The lowest BCUT2D eigenvalue weighted by atomic mass is 10.1. The molecule has 4 nitrogen and oxygen atoms in total. The molecule has 0 spiro atoms. The van der Waals surface area contributed by atoms with Crippen molar-refractivity contribution in [1.29, 1.82) is 0 Å². The predicted octanol–water partition coefficient (Wildman–Crippen LogP) is 1.98. The van der Waals surface area contributed by atoms with Crippen molar-refractivity contribution in [3.05, 3.63) is 59.0 Å². The Balaban J connectivity index is 1.82. The lowest BCUT2D eigenvalue weighted by Crippen LogP contribution is -2.33. The molecule has 2 aromatic rings. The minimum absolute atomic E-state index is 0.272. The molecule has 0 saturated heterocycles. The van der Waals surface area contributed by atoms with Gasteiger partial charge in [0.15, 0.2) is 5.76 Å². The molecule has 19 heavy (non-hydrogen) atoms. The average molecular weight is 257 g/mol. The van der Waals surface area contributed by atoms with E-state index in [9.17, 15) is 9.90 Å². The summed E-state index contributed by atoms with van der Waals surface area (Å²) in [6.07, 6.45) is -0.0180. The van der Waals surface area contributed by atoms with Crippen molar-refractivity contribution in [1.82, 2.24) is 5.32 Å². The molecule has 1 amide bonds. The van der Waals surface area contributed by atoms with Crippen molar-refractivity contribution in [2.45, 2.75) is 25.5 Å². The normalized spacial score (nSPS) is 21.2. The maximum absolute atomic E-state index is 12.1. The maximum atomic E-state index is 12.1. The van der Waals surface area contributed by atoms with Gasteiger partial charge in [0.2, 0.25) is 0 Å². The number of aliphatic hydroxyl groups excluding tert-OH is 1. The van der Waals surface area contributed by atoms with Crippen LogP contribution in [0.3, 0.4) is 0 Å². The highest BCUT2D eigenvalue weighted by molar-refractivity contribution is 5.91. The van der Waals surface area contributed by atoms with Gasteiger partial charge >= 0.3 is 0 Å². The van der Waals surface area contributed by atoms with Crippen LogP contribution in [0.1, 0.15) is 33.5 Å². The van der Waals surface area contributed by atoms with Crippen LogP contribution in [0.15, 0.2) is 40.8 Å². The zero-order valence-corrected chi connectivity index (χ0v) is 10.6. The molecule has 2 atom stereocenters. The number of hydrogen-bond acceptors (Lipinski definition) is 3. The van der Waals surface area contributed by atoms with E-state index in [1.54, 1.807) is 19.1 Å². The van der Waals surface area contributed by atoms with Gasteiger partial charge in [-0.3, -0.25) is 4.79 Å². The Morgan fingerprint density at radius 2 is 2.11 bits per heavy atom. The molecule has 0 aliphatic heterocycles. The lowest BCUT2D eigenvalue weighted by molar-refractivity contribution is 0.0830. The zero-order chi connectivity index (χ0) is 13.4. The van der Waals surface area contributed by atoms with E-state index in [2.05, 4.69) is 5.32 Å². The molecular formula is C15H15NO3. The van der Waals surface area contributed by atoms with Gasteiger partial charge in [0.25, 0.3) is 5.91 Å². The fourth-order valence-corrected chi connectivity index (χ4v) is 2.52. The summed E-state index contributed by atoms with van der Waals surface area (Å²) in [5, 5.41) is 12.9. The highest BCUT2D eigenvalue weighted by Gasteiger charge is 2.32. The van der Waals surface area contributed by atoms with Gasteiger partial charge in [-0.05, 0) is 30.2 Å². The van der Waals surface area contributed by atoms with Crippen LogP contribution in [-0.4, -0.2) is 17.1 Å². The van der Waals surface area contributed by atoms with E-state index in [-0.39, 0.29) is 17.7 Å². The Morgan fingerprint density at radius 1 is 1.32 bits per heavy atom. The molecular weight excluding hydrogens is 242 g/mol. The summed E-state index contributed by atoms with van der Waals surface area (Å²) in [6, 6.07) is 10.8. The molecule has 1 aliphatic rings. The standard InChI is InChI=1S/C15H15NO3/c1-9-6-7-13(19-9)15(18)16-14-11-5-3-2-4-10(11)8-12(14)17/h2-7,12,14,17H,8H2,1H3,(H,16,18)/t12-,14+/m1/s1. The number of carbonyl (C=O) groups excluding carboxylic acids is 1. The van der Waals surface area contributed by atoms with E-state index in [0.717, 1.165) is 11.1 Å². The van der Waals surface area contributed by atoms with Crippen LogP contribution in [0.2, 0.25) is 0 Å². The van der Waals surface area contributed by atoms with Gasteiger partial charge in [-0.2, -0.15) is 0 Å². The van der Waals surface area contributed by atoms with E-state index >= 15 is 0 Å². The molecule has 0 saturated carbocycles. The molecule has 98 valence electrons. The third kappa shape index (κ3) is 2.15. The second kappa shape index (κ2) is 4.55. The second-order valence-electron chi connectivity index (χ2n) is 4.83. The van der Waals surface area contributed by atoms with E-state index in [0.29, 0.717) is 12.2 Å². The molecule has 0 unspecified atom stereocenters. The Hall–Kier alpha value is -2.07. The fourth-order valence-electron chi connectivity index (χ4n) is 2.52. The molecule has 0 radical (unpaired) electrons. The molecule has 1 aromatic heterocycles. The van der Waals surface area contributed by atoms with Crippen molar-refractivity contribution in [2.75, 3.05) is 0 Å². The van der Waals surface area contributed by atoms with Crippen LogP contribution < -0.4 is 5.32 Å². The van der Waals surface area contributed by atoms with Crippen LogP contribution in [0.25, 0.3) is 0 Å². The molecule has 1 aliphatic carbocycles. The number of hydrogen-bond donors (Lipinski definition) is 2. The summed E-state index contributed by atoms with van der Waals surface area (Å²) in [5.74, 6) is 0.667. The number of carbonyl (C=O) groups is 1. The van der Waals surface area contributed by atoms with E-state index in [4.69, 9.17) is 4.42 Å². The summed E-state index contributed by atoms with van der Waals surface area (Å²) < 4.78 is 5.29. The minimum Gasteiger partial charge on any atom is -0.456 e. The first-order valence-corrected chi connectivity index (χ1v) is 6.28. The zero-order valence-electron chi connectivity index (χ0n) is 10.6. The summed E-state index contributed by atoms with van der Waals surface area (Å²) in [6.45, 7) is 1.79. The summed E-state index contributed by atoms with van der Waals surface area (Å²) in [7, 11) is 0. The summed E-state index contributed by atoms with van der Waals surface area (Å²) in [4.78, 5) is 12.1. The first-order chi connectivity index (χ1) is 9.15. The number of aliphatic hydroxyl groups is 1. The molecule has 0 fully saturated rings. The van der Waals surface area contributed by atoms with Crippen LogP contribution in [0.5, 0.6) is 0 Å². The molecule has 0 bridgehead atoms. The number of rotatable bonds is 2. The number of furan rings is 1. The van der Waals surface area contributed by atoms with E-state index in [1.807, 2.05) is 24.3 Å². The highest BCUT2D eigenvalue weighted by atomic mass is 16.3. The topological polar surface area (TPSA) is 62.5 Å². The summed E-state index contributed by atoms with van der Waals surface area (Å²) >= 11 is 0. The predicted molar refractivity (Wildman–Crippen MR) is 69.8 cm³/mol. The van der Waals surface area contributed by atoms with Crippen molar-refractivity contribution < 1.29 is 14.3 Å². The van der Waals surface area contributed by atoms with Gasteiger partial charge in [0.1, 0.15) is 5.76 Å². The Morgan fingerprint density at radius 3 is 2.84 bits per heavy atom. The molecule has 1 heterocycles. The van der Waals surface area contributed by atoms with Crippen LogP contribution in [0.4, 0.5) is 0 Å². The molecule has 4 heteroatoms. The van der Waals surface area contributed by atoms with Gasteiger partial charge in [0.05, 0.1) is 12.1 Å². The number of aryl methyl sites for hydroxylation is 1. The van der Waals surface area contributed by atoms with Gasteiger partial charge in [-0.25, -0.2) is 0 Å². The van der Waals surface area contributed by atoms with Gasteiger partial charge in [-0.15, -0.1) is 0 Å². The molecule has 1 aromatic carbocycles. The summed E-state index contributed by atoms with van der Waals surface area (Å²) in [5.41, 5.74) is 2.06. The first kappa shape index (κ1) is 12.0. The number of benzene rings is 1. The molecule has 2 N–H and O–H groups in total. The van der Waals surface area contributed by atoms with Crippen LogP contribution >= 0.6 is 0 Å². The monoisotopic (exact) mass is 257 g/mol. The van der Waals surface area contributed by atoms with Crippen molar-refractivity contribution in [2.24, 2.45) is 0 Å². The largest absolute Gasteiger partial charge is 0.456 e. The second-order valence-corrected chi connectivity index (χ2v) is 4.83. The third-order valence-corrected chi connectivity index (χ3v) is 3.45. The average Bonchev–Trinajstić information content (AvgIpc) is 2.95. The van der Waals surface area contributed by atoms with Crippen LogP contribution in [-0.2, 0) is 6.42 Å². The maximum Gasteiger partial charge on any atom is 0.287 e. The van der Waals surface area contributed by atoms with E-state index in [1.165, 1.54) is 0 Å². The van der Waals surface area contributed by atoms with Crippen molar-refractivity contribution in [3.63, 3.8) is 0 Å². The number of nitrogens with one attached hydrogen (secondary N) is 1. The SMILES string of the molecule is Cc1ccc(C(=O)N[C@H]2c3ccccc3C[C@H]2O)o1. The lowest BCUT2D eigenvalue weighted by Gasteiger charge is -2.17. The minimum atomic E-state index is -0.586. The Kier molecular flexibility index (Phi) is 2.87. The number of fused-ring (bicyclic) bond motifs is 1. The quantitative estimate of drug-likeness (QED) is 0.864. The van der Waals surface area contributed by atoms with Gasteiger partial charge in [-0.1, -0.05) is 24.3 Å². The van der Waals surface area contributed by atoms with E-state index < -0.39 is 6.10 Å². The first-order valence-electron chi connectivity index (χ1n) is 6.28. The van der Waals surface area contributed by atoms with Crippen molar-refractivity contribution in [3.8, 4) is 0 Å². The highest BCUT2D eigenvalue weighted by Crippen LogP contribution is 2.31. The Labute approximate surface area is 111 Å². The third-order valence-electron chi connectivity index (χ3n) is 3.45. The Bertz CT molecular complexity index is 617. The van der Waals surface area contributed by atoms with Gasteiger partial charge < -0.3 is 14.8 Å².